The molecular formula is C14H14BrN5O. The molecule has 0 fully saturated rings. The van der Waals surface area contributed by atoms with Gasteiger partial charge in [0.15, 0.2) is 5.65 Å². The molecule has 108 valence electrons. The van der Waals surface area contributed by atoms with Crippen LogP contribution in [0.2, 0.25) is 0 Å². The van der Waals surface area contributed by atoms with E-state index in [1.165, 1.54) is 0 Å². The molecule has 1 N–H and O–H groups in total. The molecule has 0 spiro atoms. The summed E-state index contributed by atoms with van der Waals surface area (Å²) >= 11 is 3.44. The molecule has 3 aromatic rings. The predicted molar refractivity (Wildman–Crippen MR) is 85.0 cm³/mol. The number of nitrogens with one attached hydrogen (secondary N) is 1. The fourth-order valence-corrected chi connectivity index (χ4v) is 2.51. The molecule has 0 aliphatic heterocycles. The summed E-state index contributed by atoms with van der Waals surface area (Å²) in [6, 6.07) is 5.78. The van der Waals surface area contributed by atoms with Gasteiger partial charge in [-0.25, -0.2) is 9.97 Å². The van der Waals surface area contributed by atoms with Crippen LogP contribution in [0.3, 0.4) is 0 Å². The maximum atomic E-state index is 5.30. The summed E-state index contributed by atoms with van der Waals surface area (Å²) in [6.45, 7) is 1.86. The molecule has 6 nitrogen and oxygen atoms in total. The van der Waals surface area contributed by atoms with Crippen molar-refractivity contribution in [2.24, 2.45) is 7.05 Å². The molecule has 1 aromatic carbocycles. The van der Waals surface area contributed by atoms with E-state index in [1.54, 1.807) is 18.0 Å². The summed E-state index contributed by atoms with van der Waals surface area (Å²) < 4.78 is 7.94. The summed E-state index contributed by atoms with van der Waals surface area (Å²) in [4.78, 5) is 8.86. The maximum Gasteiger partial charge on any atom is 0.163 e. The molecule has 0 saturated heterocycles. The first kappa shape index (κ1) is 13.8. The van der Waals surface area contributed by atoms with Crippen LogP contribution in [0.4, 0.5) is 11.5 Å². The van der Waals surface area contributed by atoms with E-state index in [9.17, 15) is 0 Å². The molecule has 0 amide bonds. The Balaban J connectivity index is 2.05. The van der Waals surface area contributed by atoms with E-state index in [-0.39, 0.29) is 0 Å². The molecule has 0 aliphatic carbocycles. The van der Waals surface area contributed by atoms with E-state index in [1.807, 2.05) is 32.2 Å². The van der Waals surface area contributed by atoms with Crippen LogP contribution >= 0.6 is 15.9 Å². The van der Waals surface area contributed by atoms with Gasteiger partial charge in [0.1, 0.15) is 17.4 Å². The second-order valence-electron chi connectivity index (χ2n) is 4.60. The van der Waals surface area contributed by atoms with Crippen molar-refractivity contribution in [3.8, 4) is 5.75 Å². The van der Waals surface area contributed by atoms with Gasteiger partial charge in [-0.3, -0.25) is 4.68 Å². The number of aromatic nitrogens is 4. The molecule has 0 bridgehead atoms. The summed E-state index contributed by atoms with van der Waals surface area (Å²) in [5.74, 6) is 2.18. The zero-order valence-electron chi connectivity index (χ0n) is 11.9. The quantitative estimate of drug-likeness (QED) is 0.788. The number of nitrogens with zero attached hydrogens (tertiary/aromatic N) is 4. The lowest BCUT2D eigenvalue weighted by molar-refractivity contribution is 0.412. The second kappa shape index (κ2) is 5.33. The van der Waals surface area contributed by atoms with Gasteiger partial charge in [-0.05, 0) is 35.0 Å². The molecule has 7 heteroatoms. The Morgan fingerprint density at radius 3 is 2.86 bits per heavy atom. The number of benzene rings is 1. The van der Waals surface area contributed by atoms with E-state index >= 15 is 0 Å². The summed E-state index contributed by atoms with van der Waals surface area (Å²) in [6.07, 6.45) is 1.76. The van der Waals surface area contributed by atoms with Crippen molar-refractivity contribution in [2.45, 2.75) is 6.92 Å². The molecule has 0 unspecified atom stereocenters. The third kappa shape index (κ3) is 2.56. The fourth-order valence-electron chi connectivity index (χ4n) is 2.10. The summed E-state index contributed by atoms with van der Waals surface area (Å²) in [5, 5.41) is 8.41. The SMILES string of the molecule is COc1cc(Nc2nc(C)nc3c2cnn3C)ccc1Br. The number of hydrogen-bond acceptors (Lipinski definition) is 5. The Kier molecular flexibility index (Phi) is 3.50. The van der Waals surface area contributed by atoms with Crippen molar-refractivity contribution in [1.29, 1.82) is 0 Å². The monoisotopic (exact) mass is 347 g/mol. The lowest BCUT2D eigenvalue weighted by Crippen LogP contribution is -2.00. The molecule has 21 heavy (non-hydrogen) atoms. The average Bonchev–Trinajstić information content (AvgIpc) is 2.83. The van der Waals surface area contributed by atoms with Crippen LogP contribution in [0.1, 0.15) is 5.82 Å². The van der Waals surface area contributed by atoms with Gasteiger partial charge < -0.3 is 10.1 Å². The van der Waals surface area contributed by atoms with E-state index < -0.39 is 0 Å². The Labute approximate surface area is 130 Å². The van der Waals surface area contributed by atoms with Gasteiger partial charge in [-0.15, -0.1) is 0 Å². The minimum absolute atomic E-state index is 0.692. The van der Waals surface area contributed by atoms with E-state index in [0.29, 0.717) is 5.82 Å². The number of halogens is 1. The number of rotatable bonds is 3. The zero-order chi connectivity index (χ0) is 15.0. The van der Waals surface area contributed by atoms with E-state index in [2.05, 4.69) is 36.3 Å². The minimum atomic E-state index is 0.692. The first-order valence-electron chi connectivity index (χ1n) is 6.35. The van der Waals surface area contributed by atoms with Crippen LogP contribution in [-0.2, 0) is 7.05 Å². The molecule has 0 aliphatic rings. The van der Waals surface area contributed by atoms with Crippen LogP contribution in [0.15, 0.2) is 28.9 Å². The highest BCUT2D eigenvalue weighted by Crippen LogP contribution is 2.30. The van der Waals surface area contributed by atoms with Crippen LogP contribution in [-0.4, -0.2) is 26.9 Å². The highest BCUT2D eigenvalue weighted by molar-refractivity contribution is 9.10. The Morgan fingerprint density at radius 2 is 2.10 bits per heavy atom. The van der Waals surface area contributed by atoms with Gasteiger partial charge in [-0.2, -0.15) is 5.10 Å². The standard InChI is InChI=1S/C14H14BrN5O/c1-8-17-13(10-7-16-20(2)14(10)18-8)19-9-4-5-11(15)12(6-9)21-3/h4-7H,1-3H3,(H,17,18,19). The minimum Gasteiger partial charge on any atom is -0.495 e. The van der Waals surface area contributed by atoms with Gasteiger partial charge in [0.25, 0.3) is 0 Å². The highest BCUT2D eigenvalue weighted by atomic mass is 79.9. The second-order valence-corrected chi connectivity index (χ2v) is 5.45. The third-order valence-corrected chi connectivity index (χ3v) is 3.77. The molecule has 2 heterocycles. The highest BCUT2D eigenvalue weighted by Gasteiger charge is 2.11. The van der Waals surface area contributed by atoms with Gasteiger partial charge in [0.2, 0.25) is 0 Å². The summed E-state index contributed by atoms with van der Waals surface area (Å²) in [5.41, 5.74) is 1.69. The largest absolute Gasteiger partial charge is 0.495 e. The van der Waals surface area contributed by atoms with Crippen LogP contribution < -0.4 is 10.1 Å². The van der Waals surface area contributed by atoms with E-state index in [4.69, 9.17) is 4.74 Å². The van der Waals surface area contributed by atoms with Crippen LogP contribution in [0, 0.1) is 6.92 Å². The number of ether oxygens (including phenoxy) is 1. The van der Waals surface area contributed by atoms with Gasteiger partial charge in [-0.1, -0.05) is 0 Å². The topological polar surface area (TPSA) is 64.9 Å². The maximum absolute atomic E-state index is 5.30. The smallest absolute Gasteiger partial charge is 0.163 e. The molecule has 3 rings (SSSR count). The van der Waals surface area contributed by atoms with Crippen molar-refractivity contribution < 1.29 is 4.74 Å². The molecule has 0 radical (unpaired) electrons. The zero-order valence-corrected chi connectivity index (χ0v) is 13.5. The Hall–Kier alpha value is -2.15. The molecule has 0 saturated carbocycles. The third-order valence-electron chi connectivity index (χ3n) is 3.12. The number of fused-ring (bicyclic) bond motifs is 1. The van der Waals surface area contributed by atoms with Crippen molar-refractivity contribution in [1.82, 2.24) is 19.7 Å². The van der Waals surface area contributed by atoms with Gasteiger partial charge in [0.05, 0.1) is 23.2 Å². The Morgan fingerprint density at radius 1 is 1.29 bits per heavy atom. The van der Waals surface area contributed by atoms with Gasteiger partial charge >= 0.3 is 0 Å². The van der Waals surface area contributed by atoms with Gasteiger partial charge in [0, 0.05) is 18.8 Å². The first-order valence-corrected chi connectivity index (χ1v) is 7.14. The normalized spacial score (nSPS) is 10.9. The van der Waals surface area contributed by atoms with Crippen molar-refractivity contribution in [3.05, 3.63) is 34.7 Å². The molecule has 0 atom stereocenters. The predicted octanol–water partition coefficient (Wildman–Crippen LogP) is 3.19. The number of aryl methyl sites for hydroxylation is 2. The van der Waals surface area contributed by atoms with Crippen molar-refractivity contribution >= 4 is 38.5 Å². The lowest BCUT2D eigenvalue weighted by atomic mass is 10.3. The van der Waals surface area contributed by atoms with E-state index in [0.717, 1.165) is 32.8 Å². The van der Waals surface area contributed by atoms with Crippen molar-refractivity contribution in [3.63, 3.8) is 0 Å². The fraction of sp³-hybridized carbons (Fsp3) is 0.214. The number of methoxy groups -OCH3 is 1. The average molecular weight is 348 g/mol. The number of hydrogen-bond donors (Lipinski definition) is 1. The molecule has 2 aromatic heterocycles. The summed E-state index contributed by atoms with van der Waals surface area (Å²) in [7, 11) is 3.50. The van der Waals surface area contributed by atoms with Crippen molar-refractivity contribution in [2.75, 3.05) is 12.4 Å². The van der Waals surface area contributed by atoms with Crippen LogP contribution in [0.5, 0.6) is 5.75 Å². The van der Waals surface area contributed by atoms with Crippen LogP contribution in [0.25, 0.3) is 11.0 Å². The molecular weight excluding hydrogens is 334 g/mol. The number of anilines is 2. The lowest BCUT2D eigenvalue weighted by Gasteiger charge is -2.10. The Bertz CT molecular complexity index is 814. The first-order chi connectivity index (χ1) is 10.1.